The summed E-state index contributed by atoms with van der Waals surface area (Å²) in [5, 5.41) is 0. The summed E-state index contributed by atoms with van der Waals surface area (Å²) < 4.78 is 0. The maximum atomic E-state index is 5.21. The predicted octanol–water partition coefficient (Wildman–Crippen LogP) is 20.4. The summed E-state index contributed by atoms with van der Waals surface area (Å²) in [6, 6.07) is 88.6. The summed E-state index contributed by atoms with van der Waals surface area (Å²) in [5.74, 6) is 0. The maximum absolute atomic E-state index is 5.21. The average molecular weight is 1390 g/mol. The van der Waals surface area contributed by atoms with E-state index < -0.39 is 0 Å². The van der Waals surface area contributed by atoms with E-state index in [1.165, 1.54) is 0 Å². The number of nitrogens with zero attached hydrogens (tertiary/aromatic N) is 16. The Labute approximate surface area is 622 Å². The summed E-state index contributed by atoms with van der Waals surface area (Å²) in [6.07, 6.45) is 29.1. The Morgan fingerprint density at radius 3 is 0.556 bits per heavy atom. The molecule has 0 unspecified atom stereocenters. The Hall–Kier alpha value is -15.2. The van der Waals surface area contributed by atoms with Crippen LogP contribution in [-0.4, -0.2) is 79.7 Å². The first-order chi connectivity index (χ1) is 53.5. The minimum atomic E-state index is 0.785. The van der Waals surface area contributed by atoms with Crippen molar-refractivity contribution >= 4 is 0 Å². The monoisotopic (exact) mass is 1390 g/mol. The topological polar surface area (TPSA) is 206 Å². The molecule has 0 aliphatic rings. The average Bonchev–Trinajstić information content (AvgIpc) is 0.761. The second-order valence-electron chi connectivity index (χ2n) is 25.1. The molecule has 16 nitrogen and oxygen atoms in total. The maximum Gasteiger partial charge on any atom is 0.0886 e. The minimum absolute atomic E-state index is 0.785. The quantitative estimate of drug-likeness (QED) is 0.0881. The van der Waals surface area contributed by atoms with Crippen LogP contribution in [0.5, 0.6) is 0 Å². The Kier molecular flexibility index (Phi) is 18.9. The van der Waals surface area contributed by atoms with Gasteiger partial charge in [0.15, 0.2) is 0 Å². The van der Waals surface area contributed by atoms with Gasteiger partial charge in [-0.25, -0.2) is 19.9 Å². The van der Waals surface area contributed by atoms with Crippen molar-refractivity contribution in [2.24, 2.45) is 0 Å². The van der Waals surface area contributed by atoms with Gasteiger partial charge in [-0.2, -0.15) is 0 Å². The standard InChI is InChI=1S/2C46H30N8/c1-13-39(31-9-5-21-47-27-31)51-43(17-1)35-25-37(45-19-3-15-41(53-45)33-11-7-23-49-29-33)38(46-20-4-16-42(54-46)34-12-8-24-50-30-34)26-36(35)44-18-2-14-40(52-44)32-10-6-22-48-28-32;1-5-21-47-39(9-1)43-17-13-31(27-51-43)35-25-37(33-15-19-45(53-29-33)41-11-3-7-23-49-41)38(34-16-20-46(54-30-34)42-12-4-8-24-50-42)26-36(35)32-14-18-44(52-28-32)40-10-2-6-22-48-40/h2*1-30H. The lowest BCUT2D eigenvalue weighted by atomic mass is 9.86. The van der Waals surface area contributed by atoms with Crippen molar-refractivity contribution in [2.75, 3.05) is 0 Å². The van der Waals surface area contributed by atoms with Crippen molar-refractivity contribution in [3.8, 4) is 180 Å². The van der Waals surface area contributed by atoms with Gasteiger partial charge in [-0.1, -0.05) is 72.8 Å². The van der Waals surface area contributed by atoms with Gasteiger partial charge in [-0.3, -0.25) is 59.8 Å². The van der Waals surface area contributed by atoms with Crippen molar-refractivity contribution in [3.05, 3.63) is 366 Å². The molecule has 0 aliphatic heterocycles. The van der Waals surface area contributed by atoms with Crippen LogP contribution < -0.4 is 0 Å². The van der Waals surface area contributed by atoms with Gasteiger partial charge in [0, 0.05) is 166 Å². The van der Waals surface area contributed by atoms with Crippen LogP contribution in [0, 0.1) is 0 Å². The number of rotatable bonds is 16. The first kappa shape index (κ1) is 66.1. The van der Waals surface area contributed by atoms with Gasteiger partial charge >= 0.3 is 0 Å². The summed E-state index contributed by atoms with van der Waals surface area (Å²) in [5.41, 5.74) is 27.9. The van der Waals surface area contributed by atoms with Gasteiger partial charge < -0.3 is 0 Å². The molecule has 16 heterocycles. The molecule has 18 rings (SSSR count). The third-order valence-electron chi connectivity index (χ3n) is 18.3. The Bertz CT molecular complexity index is 5350. The van der Waals surface area contributed by atoms with Crippen molar-refractivity contribution in [1.29, 1.82) is 0 Å². The Morgan fingerprint density at radius 2 is 0.352 bits per heavy atom. The first-order valence-electron chi connectivity index (χ1n) is 34.9. The second kappa shape index (κ2) is 30.8. The van der Waals surface area contributed by atoms with Gasteiger partial charge in [-0.05, 0) is 216 Å². The molecule has 0 aliphatic carbocycles. The van der Waals surface area contributed by atoms with Crippen LogP contribution in [0.1, 0.15) is 0 Å². The molecule has 0 radical (unpaired) electrons. The van der Waals surface area contributed by atoms with Crippen LogP contribution in [0.3, 0.4) is 0 Å². The molecule has 18 aromatic rings. The fourth-order valence-corrected chi connectivity index (χ4v) is 12.9. The molecule has 0 atom stereocenters. The molecular formula is C92H60N16. The molecule has 0 amide bonds. The number of pyridine rings is 16. The SMILES string of the molecule is c1ccc(-c2ccc(-c3cc(-c4ccc(-c5ccccn5)nc4)c(-c4ccc(-c5ccccn5)nc4)cc3-c3ccc(-c4ccccn4)nc3)cn2)nc1.c1cncc(-c2cccc(-c3cc(-c4cccc(-c5cccnc5)n4)c(-c4cccc(-c5cccnc5)n4)cc3-c3cccc(-c4cccnc4)n3)n2)c1. The molecule has 16 heteroatoms. The van der Waals surface area contributed by atoms with Crippen molar-refractivity contribution in [3.63, 3.8) is 0 Å². The third kappa shape index (κ3) is 14.5. The molecule has 0 N–H and O–H groups in total. The largest absolute Gasteiger partial charge is 0.264 e. The molecule has 0 bridgehead atoms. The highest BCUT2D eigenvalue weighted by atomic mass is 14.8. The van der Waals surface area contributed by atoms with E-state index >= 15 is 0 Å². The van der Waals surface area contributed by atoms with Gasteiger partial charge in [0.1, 0.15) is 0 Å². The highest BCUT2D eigenvalue weighted by Crippen LogP contribution is 2.45. The summed E-state index contributed by atoms with van der Waals surface area (Å²) in [6.45, 7) is 0. The fraction of sp³-hybridized carbons (Fsp3) is 0. The van der Waals surface area contributed by atoms with E-state index in [0.717, 1.165) is 180 Å². The molecular weight excluding hydrogens is 1330 g/mol. The van der Waals surface area contributed by atoms with Gasteiger partial charge in [0.25, 0.3) is 0 Å². The van der Waals surface area contributed by atoms with E-state index in [1.54, 1.807) is 49.6 Å². The summed E-state index contributed by atoms with van der Waals surface area (Å²) >= 11 is 0. The fourth-order valence-electron chi connectivity index (χ4n) is 12.9. The van der Waals surface area contributed by atoms with Crippen LogP contribution >= 0.6 is 0 Å². The van der Waals surface area contributed by atoms with E-state index in [2.05, 4.69) is 88.4 Å². The zero-order valence-corrected chi connectivity index (χ0v) is 57.8. The highest BCUT2D eigenvalue weighted by molar-refractivity contribution is 5.97. The van der Waals surface area contributed by atoms with E-state index in [0.29, 0.717) is 0 Å². The number of benzene rings is 2. The molecule has 0 saturated carbocycles. The number of hydrogen-bond acceptors (Lipinski definition) is 16. The van der Waals surface area contributed by atoms with E-state index in [-0.39, 0.29) is 0 Å². The van der Waals surface area contributed by atoms with Crippen molar-refractivity contribution in [1.82, 2.24) is 79.7 Å². The molecule has 2 aromatic carbocycles. The first-order valence-corrected chi connectivity index (χ1v) is 34.9. The molecule has 508 valence electrons. The lowest BCUT2D eigenvalue weighted by Crippen LogP contribution is -1.99. The van der Waals surface area contributed by atoms with Crippen molar-refractivity contribution in [2.45, 2.75) is 0 Å². The smallest absolute Gasteiger partial charge is 0.0886 e. The van der Waals surface area contributed by atoms with Crippen LogP contribution in [0.15, 0.2) is 366 Å². The normalized spacial score (nSPS) is 11.0. The van der Waals surface area contributed by atoms with E-state index in [9.17, 15) is 0 Å². The second-order valence-corrected chi connectivity index (χ2v) is 25.1. The Morgan fingerprint density at radius 1 is 0.130 bits per heavy atom. The molecule has 0 saturated heterocycles. The zero-order chi connectivity index (χ0) is 72.2. The van der Waals surface area contributed by atoms with Crippen LogP contribution in [0.25, 0.3) is 180 Å². The molecule has 108 heavy (non-hydrogen) atoms. The lowest BCUT2D eigenvalue weighted by molar-refractivity contribution is 1.24. The lowest BCUT2D eigenvalue weighted by Gasteiger charge is -2.18. The Balaban J connectivity index is 0.000000158. The van der Waals surface area contributed by atoms with Crippen LogP contribution in [0.2, 0.25) is 0 Å². The third-order valence-corrected chi connectivity index (χ3v) is 18.3. The van der Waals surface area contributed by atoms with Crippen LogP contribution in [0.4, 0.5) is 0 Å². The summed E-state index contributed by atoms with van der Waals surface area (Å²) in [4.78, 5) is 75.7. The number of aromatic nitrogens is 16. The van der Waals surface area contributed by atoms with Crippen LogP contribution in [-0.2, 0) is 0 Å². The van der Waals surface area contributed by atoms with Gasteiger partial charge in [0.05, 0.1) is 91.1 Å². The van der Waals surface area contributed by atoms with Gasteiger partial charge in [0.2, 0.25) is 0 Å². The molecule has 0 fully saturated rings. The zero-order valence-electron chi connectivity index (χ0n) is 57.8. The van der Waals surface area contributed by atoms with E-state index in [4.69, 9.17) is 39.9 Å². The van der Waals surface area contributed by atoms with E-state index in [1.807, 2.05) is 268 Å². The van der Waals surface area contributed by atoms with Gasteiger partial charge in [-0.15, -0.1) is 0 Å². The molecule has 16 aromatic heterocycles. The summed E-state index contributed by atoms with van der Waals surface area (Å²) in [7, 11) is 0. The van der Waals surface area contributed by atoms with Crippen molar-refractivity contribution < 1.29 is 0 Å². The minimum Gasteiger partial charge on any atom is -0.264 e. The predicted molar refractivity (Wildman–Crippen MR) is 425 cm³/mol. The highest BCUT2D eigenvalue weighted by Gasteiger charge is 2.23. The number of hydrogen-bond donors (Lipinski definition) is 0. The molecule has 0 spiro atoms.